The highest BCUT2D eigenvalue weighted by atomic mass is 16.4. The van der Waals surface area contributed by atoms with Gasteiger partial charge in [0.1, 0.15) is 29.4 Å². The Morgan fingerprint density at radius 2 is 2.21 bits per heavy atom. The van der Waals surface area contributed by atoms with Crippen molar-refractivity contribution in [2.45, 2.75) is 13.5 Å². The minimum Gasteiger partial charge on any atom is -0.507 e. The largest absolute Gasteiger partial charge is 0.507 e. The zero-order valence-corrected chi connectivity index (χ0v) is 14.9. The number of nitrogens with zero attached hydrogens (tertiary/aromatic N) is 5. The van der Waals surface area contributed by atoms with E-state index in [1.807, 2.05) is 24.4 Å². The minimum absolute atomic E-state index is 0.00425. The lowest BCUT2D eigenvalue weighted by molar-refractivity contribution is 0.433. The van der Waals surface area contributed by atoms with Crippen LogP contribution in [-0.4, -0.2) is 36.3 Å². The highest BCUT2D eigenvalue weighted by molar-refractivity contribution is 5.84. The first-order valence-electron chi connectivity index (χ1n) is 8.45. The molecule has 3 aromatic heterocycles. The Morgan fingerprint density at radius 3 is 3.00 bits per heavy atom. The molecule has 4 aromatic rings. The monoisotopic (exact) mass is 376 g/mol. The molecule has 0 aliphatic heterocycles. The van der Waals surface area contributed by atoms with Crippen molar-refractivity contribution < 1.29 is 9.52 Å². The van der Waals surface area contributed by atoms with Crippen LogP contribution in [0.3, 0.4) is 0 Å². The third-order valence-electron chi connectivity index (χ3n) is 3.94. The molecule has 0 aliphatic rings. The topological polar surface area (TPSA) is 122 Å². The van der Waals surface area contributed by atoms with Gasteiger partial charge in [-0.1, -0.05) is 12.1 Å². The van der Waals surface area contributed by atoms with Crippen molar-refractivity contribution in [1.82, 2.24) is 25.0 Å². The van der Waals surface area contributed by atoms with Gasteiger partial charge in [-0.05, 0) is 25.1 Å². The third-order valence-corrected chi connectivity index (χ3v) is 3.94. The molecule has 9 nitrogen and oxygen atoms in total. The number of hydrogen-bond donors (Lipinski definition) is 2. The number of aryl methyl sites for hydroxylation is 1. The van der Waals surface area contributed by atoms with Crippen LogP contribution in [0.5, 0.6) is 5.75 Å². The van der Waals surface area contributed by atoms with Crippen molar-refractivity contribution >= 4 is 11.9 Å². The molecule has 9 heteroatoms. The number of aromatic nitrogens is 5. The highest BCUT2D eigenvalue weighted by Crippen LogP contribution is 2.22. The molecule has 0 aliphatic carbocycles. The van der Waals surface area contributed by atoms with Crippen molar-refractivity contribution in [1.29, 1.82) is 0 Å². The Hall–Kier alpha value is -4.01. The fourth-order valence-corrected chi connectivity index (χ4v) is 2.63. The van der Waals surface area contributed by atoms with Crippen LogP contribution in [0, 0.1) is 6.92 Å². The first-order chi connectivity index (χ1) is 13.6. The van der Waals surface area contributed by atoms with E-state index in [2.05, 4.69) is 25.3 Å². The van der Waals surface area contributed by atoms with Crippen molar-refractivity contribution in [2.75, 3.05) is 0 Å². The Labute approximate surface area is 159 Å². The van der Waals surface area contributed by atoms with Gasteiger partial charge in [0.05, 0.1) is 5.69 Å². The molecule has 3 heterocycles. The molecule has 0 atom stereocenters. The van der Waals surface area contributed by atoms with Crippen LogP contribution in [0.15, 0.2) is 63.0 Å². The summed E-state index contributed by atoms with van der Waals surface area (Å²) in [6, 6.07) is 10.4. The summed E-state index contributed by atoms with van der Waals surface area (Å²) in [6.07, 6.45) is 4.82. The summed E-state index contributed by atoms with van der Waals surface area (Å²) in [5.74, 6) is 1.36. The first-order valence-corrected chi connectivity index (χ1v) is 8.45. The third kappa shape index (κ3) is 3.73. The van der Waals surface area contributed by atoms with Gasteiger partial charge in [0, 0.05) is 30.2 Å². The molecule has 0 spiro atoms. The van der Waals surface area contributed by atoms with Crippen LogP contribution in [0.4, 0.5) is 5.69 Å². The quantitative estimate of drug-likeness (QED) is 0.516. The summed E-state index contributed by atoms with van der Waals surface area (Å²) >= 11 is 0. The lowest BCUT2D eigenvalue weighted by Gasteiger charge is -2.00. The second kappa shape index (κ2) is 7.31. The fraction of sp³-hybridized carbons (Fsp3) is 0.105. The average Bonchev–Trinajstić information content (AvgIpc) is 3.34. The molecule has 0 saturated heterocycles. The van der Waals surface area contributed by atoms with E-state index in [9.17, 15) is 9.90 Å². The SMILES string of the molecule is Cc1cc(O)c(C=Nc2cccc(-c3n[nH]c(Cn4cccn4)n3)c2)c(=O)o1. The molecule has 0 saturated carbocycles. The van der Waals surface area contributed by atoms with Crippen molar-refractivity contribution in [3.63, 3.8) is 0 Å². The Morgan fingerprint density at radius 1 is 1.32 bits per heavy atom. The number of aromatic amines is 1. The van der Waals surface area contributed by atoms with Crippen molar-refractivity contribution in [3.8, 4) is 17.1 Å². The second-order valence-corrected chi connectivity index (χ2v) is 6.06. The van der Waals surface area contributed by atoms with E-state index in [0.29, 0.717) is 29.6 Å². The Bertz CT molecular complexity index is 1190. The van der Waals surface area contributed by atoms with Crippen LogP contribution < -0.4 is 5.63 Å². The fourth-order valence-electron chi connectivity index (χ4n) is 2.63. The molecular weight excluding hydrogens is 360 g/mol. The average molecular weight is 376 g/mol. The number of aromatic hydroxyl groups is 1. The van der Waals surface area contributed by atoms with Crippen LogP contribution in [0.25, 0.3) is 11.4 Å². The second-order valence-electron chi connectivity index (χ2n) is 6.06. The van der Waals surface area contributed by atoms with E-state index in [1.165, 1.54) is 12.3 Å². The zero-order valence-electron chi connectivity index (χ0n) is 14.9. The number of H-pyrrole nitrogens is 1. The predicted octanol–water partition coefficient (Wildman–Crippen LogP) is 2.43. The van der Waals surface area contributed by atoms with Crippen LogP contribution in [-0.2, 0) is 6.54 Å². The Balaban J connectivity index is 1.57. The van der Waals surface area contributed by atoms with Crippen LogP contribution in [0.1, 0.15) is 17.1 Å². The number of hydrogen-bond acceptors (Lipinski definition) is 7. The van der Waals surface area contributed by atoms with Gasteiger partial charge in [-0.25, -0.2) is 9.78 Å². The molecule has 0 amide bonds. The van der Waals surface area contributed by atoms with Crippen molar-refractivity contribution in [3.05, 3.63) is 76.4 Å². The van der Waals surface area contributed by atoms with E-state index < -0.39 is 5.63 Å². The Kier molecular flexibility index (Phi) is 4.55. The molecular formula is C19H16N6O3. The van der Waals surface area contributed by atoms with E-state index >= 15 is 0 Å². The highest BCUT2D eigenvalue weighted by Gasteiger charge is 2.09. The molecule has 4 rings (SSSR count). The molecule has 0 fully saturated rings. The van der Waals surface area contributed by atoms with Gasteiger partial charge < -0.3 is 9.52 Å². The van der Waals surface area contributed by atoms with Crippen LogP contribution >= 0.6 is 0 Å². The van der Waals surface area contributed by atoms with E-state index in [-0.39, 0.29) is 11.3 Å². The van der Waals surface area contributed by atoms with Gasteiger partial charge in [-0.2, -0.15) is 10.2 Å². The molecule has 140 valence electrons. The number of aliphatic imine (C=N–C) groups is 1. The van der Waals surface area contributed by atoms with Gasteiger partial charge in [0.15, 0.2) is 5.82 Å². The normalized spacial score (nSPS) is 11.3. The number of benzene rings is 1. The maximum atomic E-state index is 11.9. The summed E-state index contributed by atoms with van der Waals surface area (Å²) < 4.78 is 6.72. The summed E-state index contributed by atoms with van der Waals surface area (Å²) in [6.45, 7) is 2.07. The molecule has 28 heavy (non-hydrogen) atoms. The first kappa shape index (κ1) is 17.4. The minimum atomic E-state index is -0.644. The van der Waals surface area contributed by atoms with Gasteiger partial charge in [-0.3, -0.25) is 14.8 Å². The van der Waals surface area contributed by atoms with E-state index in [4.69, 9.17) is 4.42 Å². The molecule has 0 bridgehead atoms. The number of nitrogens with one attached hydrogen (secondary N) is 1. The molecule has 0 radical (unpaired) electrons. The summed E-state index contributed by atoms with van der Waals surface area (Å²) in [5.41, 5.74) is 0.693. The summed E-state index contributed by atoms with van der Waals surface area (Å²) in [5, 5.41) is 21.2. The van der Waals surface area contributed by atoms with Gasteiger partial charge in [0.2, 0.25) is 0 Å². The van der Waals surface area contributed by atoms with E-state index in [0.717, 1.165) is 5.56 Å². The molecule has 0 unspecified atom stereocenters. The summed E-state index contributed by atoms with van der Waals surface area (Å²) in [4.78, 5) is 20.6. The maximum absolute atomic E-state index is 11.9. The lowest BCUT2D eigenvalue weighted by Crippen LogP contribution is -2.07. The maximum Gasteiger partial charge on any atom is 0.348 e. The predicted molar refractivity (Wildman–Crippen MR) is 102 cm³/mol. The lowest BCUT2D eigenvalue weighted by atomic mass is 10.2. The number of rotatable bonds is 5. The van der Waals surface area contributed by atoms with Gasteiger partial charge in [-0.15, -0.1) is 0 Å². The zero-order chi connectivity index (χ0) is 19.5. The van der Waals surface area contributed by atoms with Crippen LogP contribution in [0.2, 0.25) is 0 Å². The standard InChI is InChI=1S/C19H16N6O3/c1-12-8-16(26)15(19(27)28-12)10-20-14-5-2-4-13(9-14)18-22-17(23-24-18)11-25-7-3-6-21-25/h2-10,26H,11H2,1H3,(H,22,23,24). The van der Waals surface area contributed by atoms with Gasteiger partial charge >= 0.3 is 5.63 Å². The summed E-state index contributed by atoms with van der Waals surface area (Å²) in [7, 11) is 0. The van der Waals surface area contributed by atoms with E-state index in [1.54, 1.807) is 29.9 Å². The van der Waals surface area contributed by atoms with Gasteiger partial charge in [0.25, 0.3) is 0 Å². The smallest absolute Gasteiger partial charge is 0.348 e. The molecule has 1 aromatic carbocycles. The molecule has 2 N–H and O–H groups in total. The van der Waals surface area contributed by atoms with Crippen molar-refractivity contribution in [2.24, 2.45) is 4.99 Å².